The van der Waals surface area contributed by atoms with Gasteiger partial charge >= 0.3 is 0 Å². The molecule has 0 aliphatic heterocycles. The number of rotatable bonds is 4. The van der Waals surface area contributed by atoms with Gasteiger partial charge in [-0.2, -0.15) is 5.26 Å². The highest BCUT2D eigenvalue weighted by Crippen LogP contribution is 2.33. The zero-order valence-electron chi connectivity index (χ0n) is 13.4. The second-order valence-electron chi connectivity index (χ2n) is 5.37. The molecular formula is C19H16N2O2S. The molecule has 0 spiro atoms. The van der Waals surface area contributed by atoms with Gasteiger partial charge in [-0.05, 0) is 29.7 Å². The Morgan fingerprint density at radius 2 is 2.04 bits per heavy atom. The number of carbonyl (C=O) groups is 1. The Hall–Kier alpha value is -2.68. The first kappa shape index (κ1) is 16.2. The van der Waals surface area contributed by atoms with E-state index in [0.29, 0.717) is 22.7 Å². The van der Waals surface area contributed by atoms with Gasteiger partial charge < -0.3 is 9.64 Å². The van der Waals surface area contributed by atoms with Crippen molar-refractivity contribution < 1.29 is 9.53 Å². The quantitative estimate of drug-likeness (QED) is 0.717. The van der Waals surface area contributed by atoms with Crippen molar-refractivity contribution in [2.75, 3.05) is 19.1 Å². The average Bonchev–Trinajstić information content (AvgIpc) is 2.99. The summed E-state index contributed by atoms with van der Waals surface area (Å²) in [5.74, 6) is -0.0988. The van der Waals surface area contributed by atoms with Crippen LogP contribution in [0.2, 0.25) is 0 Å². The van der Waals surface area contributed by atoms with Crippen molar-refractivity contribution in [2.24, 2.45) is 0 Å². The Bertz CT molecular complexity index is 940. The van der Waals surface area contributed by atoms with Crippen LogP contribution >= 0.6 is 11.3 Å². The first-order valence-corrected chi connectivity index (χ1v) is 8.25. The summed E-state index contributed by atoms with van der Waals surface area (Å²) in [5.41, 5.74) is 2.13. The molecule has 1 aromatic heterocycles. The second kappa shape index (κ2) is 6.83. The Labute approximate surface area is 144 Å². The Balaban J connectivity index is 2.04. The van der Waals surface area contributed by atoms with Crippen LogP contribution in [0.5, 0.6) is 0 Å². The lowest BCUT2D eigenvalue weighted by atomic mass is 10.1. The van der Waals surface area contributed by atoms with Crippen molar-refractivity contribution in [1.82, 2.24) is 0 Å². The van der Waals surface area contributed by atoms with Crippen LogP contribution in [0.25, 0.3) is 10.1 Å². The van der Waals surface area contributed by atoms with Gasteiger partial charge in [0.15, 0.2) is 0 Å². The number of anilines is 1. The number of amides is 1. The minimum atomic E-state index is -0.0988. The van der Waals surface area contributed by atoms with Crippen molar-refractivity contribution >= 4 is 33.0 Å². The number of ether oxygens (including phenoxy) is 1. The summed E-state index contributed by atoms with van der Waals surface area (Å²) in [4.78, 5) is 15.3. The molecule has 0 unspecified atom stereocenters. The van der Waals surface area contributed by atoms with Crippen LogP contribution in [-0.2, 0) is 11.3 Å². The minimum Gasteiger partial charge on any atom is -0.380 e. The Kier molecular flexibility index (Phi) is 4.61. The molecule has 0 radical (unpaired) electrons. The fourth-order valence-corrected chi connectivity index (χ4v) is 3.80. The molecule has 3 rings (SSSR count). The molecular weight excluding hydrogens is 320 g/mol. The third-order valence-corrected chi connectivity index (χ3v) is 5.05. The van der Waals surface area contributed by atoms with E-state index in [9.17, 15) is 4.79 Å². The molecule has 24 heavy (non-hydrogen) atoms. The SMILES string of the molecule is COCc1c(C(=O)N(C)c2cccc(C#N)c2)sc2ccccc12. The van der Waals surface area contributed by atoms with Crippen molar-refractivity contribution in [3.63, 3.8) is 0 Å². The molecule has 5 heteroatoms. The van der Waals surface area contributed by atoms with Gasteiger partial charge in [-0.15, -0.1) is 11.3 Å². The zero-order chi connectivity index (χ0) is 17.1. The average molecular weight is 336 g/mol. The molecule has 0 fully saturated rings. The molecule has 3 aromatic rings. The van der Waals surface area contributed by atoms with Gasteiger partial charge in [-0.1, -0.05) is 24.3 Å². The number of methoxy groups -OCH3 is 1. The largest absolute Gasteiger partial charge is 0.380 e. The number of thiophene rings is 1. The summed E-state index contributed by atoms with van der Waals surface area (Å²) < 4.78 is 6.36. The lowest BCUT2D eigenvalue weighted by Crippen LogP contribution is -2.26. The summed E-state index contributed by atoms with van der Waals surface area (Å²) in [6.45, 7) is 0.386. The highest BCUT2D eigenvalue weighted by Gasteiger charge is 2.22. The smallest absolute Gasteiger partial charge is 0.268 e. The standard InChI is InChI=1S/C19H16N2O2S/c1-21(14-7-5-6-13(10-14)11-20)19(22)18-16(12-23-2)15-8-3-4-9-17(15)24-18/h3-10H,12H2,1-2H3. The van der Waals surface area contributed by atoms with E-state index in [-0.39, 0.29) is 5.91 Å². The monoisotopic (exact) mass is 336 g/mol. The van der Waals surface area contributed by atoms with Crippen LogP contribution in [0.4, 0.5) is 5.69 Å². The third kappa shape index (κ3) is 2.90. The van der Waals surface area contributed by atoms with Gasteiger partial charge in [0, 0.05) is 30.1 Å². The van der Waals surface area contributed by atoms with Gasteiger partial charge in [0.05, 0.1) is 23.1 Å². The number of fused-ring (bicyclic) bond motifs is 1. The molecule has 0 N–H and O–H groups in total. The van der Waals surface area contributed by atoms with Crippen LogP contribution in [0.15, 0.2) is 48.5 Å². The van der Waals surface area contributed by atoms with Crippen LogP contribution in [-0.4, -0.2) is 20.1 Å². The van der Waals surface area contributed by atoms with Crippen molar-refractivity contribution in [1.29, 1.82) is 5.26 Å². The van der Waals surface area contributed by atoms with E-state index in [1.165, 1.54) is 11.3 Å². The Morgan fingerprint density at radius 3 is 2.79 bits per heavy atom. The molecule has 0 saturated carbocycles. The molecule has 0 atom stereocenters. The summed E-state index contributed by atoms with van der Waals surface area (Å²) >= 11 is 1.47. The molecule has 0 saturated heterocycles. The molecule has 0 bridgehead atoms. The van der Waals surface area contributed by atoms with E-state index < -0.39 is 0 Å². The van der Waals surface area contributed by atoms with Crippen LogP contribution < -0.4 is 4.90 Å². The maximum Gasteiger partial charge on any atom is 0.268 e. The molecule has 4 nitrogen and oxygen atoms in total. The topological polar surface area (TPSA) is 53.3 Å². The van der Waals surface area contributed by atoms with Crippen LogP contribution in [0.1, 0.15) is 20.8 Å². The van der Waals surface area contributed by atoms with E-state index >= 15 is 0 Å². The number of nitriles is 1. The molecule has 1 heterocycles. The van der Waals surface area contributed by atoms with Gasteiger partial charge in [0.25, 0.3) is 5.91 Å². The fraction of sp³-hybridized carbons (Fsp3) is 0.158. The molecule has 0 aliphatic rings. The first-order chi connectivity index (χ1) is 11.7. The molecule has 2 aromatic carbocycles. The fourth-order valence-electron chi connectivity index (χ4n) is 2.61. The maximum atomic E-state index is 13.0. The molecule has 1 amide bonds. The second-order valence-corrected chi connectivity index (χ2v) is 6.42. The summed E-state index contributed by atoms with van der Waals surface area (Å²) in [7, 11) is 3.35. The lowest BCUT2D eigenvalue weighted by Gasteiger charge is -2.17. The van der Waals surface area contributed by atoms with E-state index in [1.54, 1.807) is 37.3 Å². The van der Waals surface area contributed by atoms with Gasteiger partial charge in [0.2, 0.25) is 0 Å². The zero-order valence-corrected chi connectivity index (χ0v) is 14.3. The molecule has 120 valence electrons. The van der Waals surface area contributed by atoms with E-state index in [4.69, 9.17) is 10.00 Å². The van der Waals surface area contributed by atoms with E-state index in [1.807, 2.05) is 30.3 Å². The normalized spacial score (nSPS) is 10.5. The number of hydrogen-bond donors (Lipinski definition) is 0. The van der Waals surface area contributed by atoms with Crippen LogP contribution in [0, 0.1) is 11.3 Å². The summed E-state index contributed by atoms with van der Waals surface area (Å²) in [5, 5.41) is 10.1. The van der Waals surface area contributed by atoms with Gasteiger partial charge in [-0.25, -0.2) is 0 Å². The summed E-state index contributed by atoms with van der Waals surface area (Å²) in [6.07, 6.45) is 0. The predicted octanol–water partition coefficient (Wildman–Crippen LogP) is 4.20. The molecule has 0 aliphatic carbocycles. The third-order valence-electron chi connectivity index (χ3n) is 3.85. The first-order valence-electron chi connectivity index (χ1n) is 7.43. The Morgan fingerprint density at radius 1 is 1.25 bits per heavy atom. The van der Waals surface area contributed by atoms with Crippen molar-refractivity contribution in [3.8, 4) is 6.07 Å². The van der Waals surface area contributed by atoms with Crippen LogP contribution in [0.3, 0.4) is 0 Å². The number of benzene rings is 2. The maximum absolute atomic E-state index is 13.0. The van der Waals surface area contributed by atoms with E-state index in [0.717, 1.165) is 15.6 Å². The summed E-state index contributed by atoms with van der Waals surface area (Å²) in [6, 6.07) is 17.1. The van der Waals surface area contributed by atoms with Crippen molar-refractivity contribution in [2.45, 2.75) is 6.61 Å². The highest BCUT2D eigenvalue weighted by atomic mass is 32.1. The predicted molar refractivity (Wildman–Crippen MR) is 96.4 cm³/mol. The number of carbonyl (C=O) groups excluding carboxylic acids is 1. The minimum absolute atomic E-state index is 0.0988. The van der Waals surface area contributed by atoms with Gasteiger partial charge in [-0.3, -0.25) is 4.79 Å². The van der Waals surface area contributed by atoms with E-state index in [2.05, 4.69) is 6.07 Å². The number of hydrogen-bond acceptors (Lipinski definition) is 4. The highest BCUT2D eigenvalue weighted by molar-refractivity contribution is 7.21. The number of nitrogens with zero attached hydrogens (tertiary/aromatic N) is 2. The van der Waals surface area contributed by atoms with Gasteiger partial charge in [0.1, 0.15) is 0 Å². The lowest BCUT2D eigenvalue weighted by molar-refractivity contribution is 0.0992. The van der Waals surface area contributed by atoms with Crippen molar-refractivity contribution in [3.05, 3.63) is 64.5 Å².